The van der Waals surface area contributed by atoms with Crippen molar-refractivity contribution in [3.63, 3.8) is 0 Å². The zero-order chi connectivity index (χ0) is 38.7. The fourth-order valence-corrected chi connectivity index (χ4v) is 7.48. The molecule has 0 heterocycles. The molecule has 0 aromatic rings. The molecule has 51 heavy (non-hydrogen) atoms. The van der Waals surface area contributed by atoms with E-state index in [1.165, 1.54) is 103 Å². The molecule has 0 aromatic carbocycles. The molecule has 316 valence electrons. The van der Waals surface area contributed by atoms with E-state index in [9.17, 15) is 0 Å². The van der Waals surface area contributed by atoms with Crippen molar-refractivity contribution in [3.05, 3.63) is 0 Å². The summed E-state index contributed by atoms with van der Waals surface area (Å²) < 4.78 is 19.1. The summed E-state index contributed by atoms with van der Waals surface area (Å²) >= 11 is 0. The van der Waals surface area contributed by atoms with E-state index < -0.39 is 5.79 Å². The van der Waals surface area contributed by atoms with Crippen LogP contribution in [0.3, 0.4) is 0 Å². The minimum atomic E-state index is -0.407. The highest BCUT2D eigenvalue weighted by molar-refractivity contribution is 4.81. The molecule has 0 N–H and O–H groups in total. The Labute approximate surface area is 327 Å². The van der Waals surface area contributed by atoms with Crippen LogP contribution in [0.2, 0.25) is 0 Å². The summed E-state index contributed by atoms with van der Waals surface area (Å²) in [6.07, 6.45) is 21.7. The van der Waals surface area contributed by atoms with E-state index in [1.54, 1.807) is 0 Å². The van der Waals surface area contributed by atoms with Gasteiger partial charge >= 0.3 is 0 Å². The number of rotatable bonds is 28. The fraction of sp³-hybridized carbons (Fsp3) is 1.00. The van der Waals surface area contributed by atoms with Gasteiger partial charge in [-0.15, -0.1) is 0 Å². The maximum Gasteiger partial charge on any atom is 0.167 e. The van der Waals surface area contributed by atoms with Gasteiger partial charge in [-0.05, 0) is 117 Å². The third-order valence-corrected chi connectivity index (χ3v) is 15.2. The first kappa shape index (κ1) is 60.1. The topological polar surface area (TPSA) is 27.7 Å². The highest BCUT2D eigenvalue weighted by atomic mass is 16.7. The first-order valence-corrected chi connectivity index (χ1v) is 22.1. The maximum atomic E-state index is 6.47. The van der Waals surface area contributed by atoms with Crippen LogP contribution in [0.5, 0.6) is 0 Å². The van der Waals surface area contributed by atoms with Gasteiger partial charge in [-0.1, -0.05) is 165 Å². The van der Waals surface area contributed by atoms with Crippen LogP contribution >= 0.6 is 0 Å². The second-order valence-electron chi connectivity index (χ2n) is 15.8. The smallest absolute Gasteiger partial charge is 0.167 e. The number of hydrogen-bond acceptors (Lipinski definition) is 3. The zero-order valence-electron chi connectivity index (χ0n) is 37.8. The van der Waals surface area contributed by atoms with Gasteiger partial charge in [0.2, 0.25) is 0 Å². The van der Waals surface area contributed by atoms with Crippen LogP contribution in [0, 0.1) is 27.1 Å². The second-order valence-corrected chi connectivity index (χ2v) is 15.8. The van der Waals surface area contributed by atoms with Crippen molar-refractivity contribution in [3.8, 4) is 0 Å². The van der Waals surface area contributed by atoms with Gasteiger partial charge in [-0.2, -0.15) is 0 Å². The highest BCUT2D eigenvalue weighted by Gasteiger charge is 2.36. The summed E-state index contributed by atoms with van der Waals surface area (Å²) in [5.41, 5.74) is 2.11. The lowest BCUT2D eigenvalue weighted by Crippen LogP contribution is -2.42. The van der Waals surface area contributed by atoms with Crippen molar-refractivity contribution in [2.45, 2.75) is 261 Å². The molecule has 0 aliphatic heterocycles. The Bertz CT molecular complexity index is 607. The molecule has 0 fully saturated rings. The van der Waals surface area contributed by atoms with Crippen molar-refractivity contribution in [2.75, 3.05) is 26.4 Å². The molecular formula is C48H106O3. The van der Waals surface area contributed by atoms with Crippen molar-refractivity contribution in [2.24, 2.45) is 27.1 Å². The predicted octanol–water partition coefficient (Wildman–Crippen LogP) is 17.3. The molecule has 0 aromatic heterocycles. The zero-order valence-corrected chi connectivity index (χ0v) is 37.8. The lowest BCUT2D eigenvalue weighted by molar-refractivity contribution is -0.265. The summed E-state index contributed by atoms with van der Waals surface area (Å²) in [5, 5.41) is 0. The van der Waals surface area contributed by atoms with Gasteiger partial charge < -0.3 is 14.2 Å². The summed E-state index contributed by atoms with van der Waals surface area (Å²) in [5.74, 6) is -0.407. The summed E-state index contributed by atoms with van der Waals surface area (Å²) in [6, 6.07) is 0. The Hall–Kier alpha value is -0.120. The average Bonchev–Trinajstić information content (AvgIpc) is 3.18. The molecule has 0 saturated heterocycles. The maximum absolute atomic E-state index is 6.47. The Morgan fingerprint density at radius 3 is 0.549 bits per heavy atom. The minimum absolute atomic E-state index is 0. The SMILES string of the molecule is C.C.CCC(CC)(CC)CC.CCC(CC)(CC)COC(CC)(CC)OCC(CC)(CC)CC.CCC(CC)(CC)COCC(CC)(CC)CC. The van der Waals surface area contributed by atoms with Crippen LogP contribution in [0.4, 0.5) is 0 Å². The van der Waals surface area contributed by atoms with Gasteiger partial charge in [0.1, 0.15) is 0 Å². The van der Waals surface area contributed by atoms with E-state index in [-0.39, 0.29) is 14.9 Å². The van der Waals surface area contributed by atoms with Gasteiger partial charge in [0, 0.05) is 0 Å². The molecule has 0 saturated carbocycles. The van der Waals surface area contributed by atoms with Crippen LogP contribution in [0.25, 0.3) is 0 Å². The molecule has 3 heteroatoms. The molecule has 0 atom stereocenters. The Balaban J connectivity index is -0.000000222. The normalized spacial score (nSPS) is 12.6. The van der Waals surface area contributed by atoms with Crippen LogP contribution in [-0.2, 0) is 14.2 Å². The number of hydrogen-bond donors (Lipinski definition) is 0. The molecule has 0 bridgehead atoms. The fourth-order valence-electron chi connectivity index (χ4n) is 7.48. The second kappa shape index (κ2) is 32.2. The molecule has 0 amide bonds. The molecular weight excluding hydrogens is 625 g/mol. The van der Waals surface area contributed by atoms with E-state index >= 15 is 0 Å². The van der Waals surface area contributed by atoms with Crippen LogP contribution in [0.15, 0.2) is 0 Å². The third-order valence-electron chi connectivity index (χ3n) is 15.2. The lowest BCUT2D eigenvalue weighted by Gasteiger charge is -2.41. The highest BCUT2D eigenvalue weighted by Crippen LogP contribution is 2.38. The summed E-state index contributed by atoms with van der Waals surface area (Å²) in [7, 11) is 0. The van der Waals surface area contributed by atoms with E-state index in [0.717, 1.165) is 39.3 Å². The van der Waals surface area contributed by atoms with Crippen LogP contribution < -0.4 is 0 Å². The largest absolute Gasteiger partial charge is 0.380 e. The van der Waals surface area contributed by atoms with Gasteiger partial charge in [0.25, 0.3) is 0 Å². The molecule has 0 radical (unpaired) electrons. The van der Waals surface area contributed by atoms with Crippen molar-refractivity contribution < 1.29 is 14.2 Å². The monoisotopic (exact) mass is 731 g/mol. The summed E-state index contributed by atoms with van der Waals surface area (Å²) in [4.78, 5) is 0. The predicted molar refractivity (Wildman–Crippen MR) is 236 cm³/mol. The van der Waals surface area contributed by atoms with E-state index in [4.69, 9.17) is 14.2 Å². The van der Waals surface area contributed by atoms with Crippen molar-refractivity contribution in [1.82, 2.24) is 0 Å². The van der Waals surface area contributed by atoms with Crippen LogP contribution in [0.1, 0.15) is 255 Å². The lowest BCUT2D eigenvalue weighted by atomic mass is 9.78. The molecule has 0 aliphatic carbocycles. The van der Waals surface area contributed by atoms with E-state index in [2.05, 4.69) is 125 Å². The van der Waals surface area contributed by atoms with Gasteiger partial charge in [-0.3, -0.25) is 0 Å². The Morgan fingerprint density at radius 2 is 0.412 bits per heavy atom. The standard InChI is InChI=1S/C21H44O2.C16H34O.C9H20.2CH4/c1-9-19(10-2,11-3)17-22-21(15-7,16-8)23-18-20(12-4,13-5)14-6;1-7-15(8-2,9-3)13-17-14-16(10-4,11-5)12-6;1-5-9(6-2,7-3)8-4;;/h9-18H2,1-8H3;7-14H2,1-6H3;5-8H2,1-4H3;2*1H4. The van der Waals surface area contributed by atoms with Gasteiger partial charge in [0.15, 0.2) is 5.79 Å². The first-order chi connectivity index (χ1) is 23.2. The molecule has 0 unspecified atom stereocenters. The van der Waals surface area contributed by atoms with E-state index in [1.807, 2.05) is 0 Å². The van der Waals surface area contributed by atoms with Crippen LogP contribution in [-0.4, -0.2) is 32.2 Å². The van der Waals surface area contributed by atoms with E-state index in [0.29, 0.717) is 27.1 Å². The average molecular weight is 731 g/mol. The quantitative estimate of drug-likeness (QED) is 0.0750. The minimum Gasteiger partial charge on any atom is -0.380 e. The summed E-state index contributed by atoms with van der Waals surface area (Å²) in [6.45, 7) is 44.6. The van der Waals surface area contributed by atoms with Gasteiger partial charge in [-0.25, -0.2) is 0 Å². The Kier molecular flexibility index (Phi) is 37.9. The first-order valence-electron chi connectivity index (χ1n) is 22.1. The van der Waals surface area contributed by atoms with Crippen molar-refractivity contribution >= 4 is 0 Å². The number of ether oxygens (including phenoxy) is 3. The molecule has 0 rings (SSSR count). The molecule has 0 spiro atoms. The third kappa shape index (κ3) is 19.9. The van der Waals surface area contributed by atoms with Gasteiger partial charge in [0.05, 0.1) is 26.4 Å². The Morgan fingerprint density at radius 1 is 0.235 bits per heavy atom. The molecule has 3 nitrogen and oxygen atoms in total. The van der Waals surface area contributed by atoms with Crippen molar-refractivity contribution in [1.29, 1.82) is 0 Å². The molecule has 0 aliphatic rings.